The first kappa shape index (κ1) is 15.0. The van der Waals surface area contributed by atoms with Gasteiger partial charge in [-0.15, -0.1) is 0 Å². The summed E-state index contributed by atoms with van der Waals surface area (Å²) in [7, 11) is 0. The lowest BCUT2D eigenvalue weighted by molar-refractivity contribution is 0.127. The van der Waals surface area contributed by atoms with E-state index in [1.165, 1.54) is 19.5 Å². The molecule has 0 amide bonds. The maximum Gasteiger partial charge on any atom is 0.0481 e. The second-order valence-electron chi connectivity index (χ2n) is 6.14. The van der Waals surface area contributed by atoms with Gasteiger partial charge in [0.05, 0.1) is 0 Å². The van der Waals surface area contributed by atoms with Crippen LogP contribution in [-0.4, -0.2) is 67.8 Å². The maximum atomic E-state index is 3.44. The molecule has 0 unspecified atom stereocenters. The van der Waals surface area contributed by atoms with Gasteiger partial charge >= 0.3 is 0 Å². The summed E-state index contributed by atoms with van der Waals surface area (Å²) in [5, 5.41) is 6.85. The van der Waals surface area contributed by atoms with Gasteiger partial charge in [-0.3, -0.25) is 9.80 Å². The average molecular weight is 266 g/mol. The summed E-state index contributed by atoms with van der Waals surface area (Å²) >= 11 is 0. The third kappa shape index (κ3) is 3.78. The van der Waals surface area contributed by atoms with E-state index in [0.29, 0.717) is 0 Å². The minimum Gasteiger partial charge on any atom is -0.314 e. The van der Waals surface area contributed by atoms with Crippen LogP contribution in [0.2, 0.25) is 0 Å². The van der Waals surface area contributed by atoms with Gasteiger partial charge in [0.1, 0.15) is 0 Å². The maximum absolute atomic E-state index is 3.44. The average Bonchev–Trinajstić information content (AvgIpc) is 2.93. The highest BCUT2D eigenvalue weighted by atomic mass is 15.3. The molecule has 2 fully saturated rings. The summed E-state index contributed by atoms with van der Waals surface area (Å²) in [5.41, 5.74) is 1.78. The predicted molar refractivity (Wildman–Crippen MR) is 81.3 cm³/mol. The van der Waals surface area contributed by atoms with Crippen LogP contribution in [0, 0.1) is 0 Å². The normalized spacial score (nSPS) is 24.1. The zero-order chi connectivity index (χ0) is 13.7. The molecule has 0 aromatic rings. The van der Waals surface area contributed by atoms with E-state index in [1.807, 2.05) is 0 Å². The number of nitrogens with one attached hydrogen (secondary N) is 2. The van der Waals surface area contributed by atoms with Crippen LogP contribution < -0.4 is 10.6 Å². The van der Waals surface area contributed by atoms with Crippen molar-refractivity contribution in [3.63, 3.8) is 0 Å². The highest BCUT2D eigenvalue weighted by Gasteiger charge is 2.31. The number of rotatable bonds is 5. The van der Waals surface area contributed by atoms with Crippen LogP contribution in [0.15, 0.2) is 11.6 Å². The van der Waals surface area contributed by atoms with Gasteiger partial charge < -0.3 is 10.6 Å². The van der Waals surface area contributed by atoms with Crippen molar-refractivity contribution in [3.05, 3.63) is 11.6 Å². The standard InChI is InChI=1S/C15H30N4/c1-4-14(5-9-18-10-6-17-13-18)15(2,3)19-11-7-16-8-12-19/h4,16-17H,5-13H2,1-3H3. The number of nitrogens with zero attached hydrogens (tertiary/aromatic N) is 2. The Balaban J connectivity index is 1.90. The molecular formula is C15H30N4. The fourth-order valence-corrected chi connectivity index (χ4v) is 3.25. The molecule has 4 nitrogen and oxygen atoms in total. The van der Waals surface area contributed by atoms with Crippen LogP contribution in [0.1, 0.15) is 27.2 Å². The second kappa shape index (κ2) is 6.84. The monoisotopic (exact) mass is 266 g/mol. The third-order valence-corrected chi connectivity index (χ3v) is 4.68. The number of piperazine rings is 1. The molecule has 2 aliphatic heterocycles. The molecule has 2 aliphatic rings. The fourth-order valence-electron chi connectivity index (χ4n) is 3.25. The Morgan fingerprint density at radius 2 is 1.79 bits per heavy atom. The SMILES string of the molecule is CC=C(CCN1CCNC1)C(C)(C)N1CCNCC1. The molecule has 0 spiro atoms. The predicted octanol–water partition coefficient (Wildman–Crippen LogP) is 0.869. The summed E-state index contributed by atoms with van der Waals surface area (Å²) in [4.78, 5) is 5.14. The highest BCUT2D eigenvalue weighted by molar-refractivity contribution is 5.18. The van der Waals surface area contributed by atoms with Gasteiger partial charge in [0.2, 0.25) is 0 Å². The molecule has 19 heavy (non-hydrogen) atoms. The molecule has 0 atom stereocenters. The molecule has 110 valence electrons. The fraction of sp³-hybridized carbons (Fsp3) is 0.867. The summed E-state index contributed by atoms with van der Waals surface area (Å²) in [5.74, 6) is 0. The van der Waals surface area contributed by atoms with Gasteiger partial charge in [-0.25, -0.2) is 0 Å². The van der Waals surface area contributed by atoms with Crippen molar-refractivity contribution in [2.45, 2.75) is 32.7 Å². The van der Waals surface area contributed by atoms with Gasteiger partial charge in [-0.1, -0.05) is 11.6 Å². The van der Waals surface area contributed by atoms with E-state index in [1.54, 1.807) is 5.57 Å². The van der Waals surface area contributed by atoms with Crippen molar-refractivity contribution < 1.29 is 0 Å². The summed E-state index contributed by atoms with van der Waals surface area (Å²) in [6.07, 6.45) is 3.53. The summed E-state index contributed by atoms with van der Waals surface area (Å²) in [6, 6.07) is 0. The van der Waals surface area contributed by atoms with E-state index in [4.69, 9.17) is 0 Å². The van der Waals surface area contributed by atoms with Crippen LogP contribution in [-0.2, 0) is 0 Å². The Morgan fingerprint density at radius 3 is 2.37 bits per heavy atom. The van der Waals surface area contributed by atoms with Gasteiger partial charge in [0.25, 0.3) is 0 Å². The van der Waals surface area contributed by atoms with E-state index in [-0.39, 0.29) is 5.54 Å². The third-order valence-electron chi connectivity index (χ3n) is 4.68. The molecule has 2 N–H and O–H groups in total. The lowest BCUT2D eigenvalue weighted by Gasteiger charge is -2.43. The Hall–Kier alpha value is -0.420. The zero-order valence-corrected chi connectivity index (χ0v) is 12.8. The molecule has 2 saturated heterocycles. The molecule has 2 heterocycles. The first-order valence-electron chi connectivity index (χ1n) is 7.69. The Kier molecular flexibility index (Phi) is 5.39. The Morgan fingerprint density at radius 1 is 1.11 bits per heavy atom. The first-order chi connectivity index (χ1) is 9.14. The van der Waals surface area contributed by atoms with Crippen molar-refractivity contribution in [1.29, 1.82) is 0 Å². The quantitative estimate of drug-likeness (QED) is 0.723. The lowest BCUT2D eigenvalue weighted by atomic mass is 9.88. The largest absolute Gasteiger partial charge is 0.314 e. The van der Waals surface area contributed by atoms with Crippen LogP contribution >= 0.6 is 0 Å². The van der Waals surface area contributed by atoms with Crippen molar-refractivity contribution in [2.24, 2.45) is 0 Å². The van der Waals surface area contributed by atoms with Crippen LogP contribution in [0.5, 0.6) is 0 Å². The van der Waals surface area contributed by atoms with Crippen molar-refractivity contribution in [2.75, 3.05) is 52.5 Å². The lowest BCUT2D eigenvalue weighted by Crippen LogP contribution is -2.54. The van der Waals surface area contributed by atoms with Gasteiger partial charge in [0.15, 0.2) is 0 Å². The molecule has 0 aliphatic carbocycles. The van der Waals surface area contributed by atoms with Crippen LogP contribution in [0.25, 0.3) is 0 Å². The van der Waals surface area contributed by atoms with Crippen LogP contribution in [0.3, 0.4) is 0 Å². The number of hydrogen-bond donors (Lipinski definition) is 2. The van der Waals surface area contributed by atoms with Gasteiger partial charge in [-0.05, 0) is 27.2 Å². The molecule has 4 heteroatoms. The van der Waals surface area contributed by atoms with Crippen LogP contribution in [0.4, 0.5) is 0 Å². The highest BCUT2D eigenvalue weighted by Crippen LogP contribution is 2.27. The smallest absolute Gasteiger partial charge is 0.0481 e. The second-order valence-corrected chi connectivity index (χ2v) is 6.14. The molecule has 0 saturated carbocycles. The summed E-state index contributed by atoms with van der Waals surface area (Å²) < 4.78 is 0. The minimum absolute atomic E-state index is 0.198. The molecule has 0 radical (unpaired) electrons. The topological polar surface area (TPSA) is 30.5 Å². The van der Waals surface area contributed by atoms with E-state index >= 15 is 0 Å². The number of hydrogen-bond acceptors (Lipinski definition) is 4. The van der Waals surface area contributed by atoms with E-state index in [0.717, 1.165) is 39.4 Å². The van der Waals surface area contributed by atoms with Crippen molar-refractivity contribution in [1.82, 2.24) is 20.4 Å². The van der Waals surface area contributed by atoms with E-state index in [2.05, 4.69) is 47.3 Å². The molecule has 0 bridgehead atoms. The Labute approximate surface area is 118 Å². The molecule has 0 aromatic heterocycles. The van der Waals surface area contributed by atoms with Gasteiger partial charge in [-0.2, -0.15) is 0 Å². The molecule has 0 aromatic carbocycles. The summed E-state index contributed by atoms with van der Waals surface area (Å²) in [6.45, 7) is 16.1. The molecular weight excluding hydrogens is 236 g/mol. The Bertz CT molecular complexity index is 299. The van der Waals surface area contributed by atoms with E-state index < -0.39 is 0 Å². The van der Waals surface area contributed by atoms with Crippen molar-refractivity contribution >= 4 is 0 Å². The minimum atomic E-state index is 0.198. The molecule has 2 rings (SSSR count). The zero-order valence-electron chi connectivity index (χ0n) is 12.8. The first-order valence-corrected chi connectivity index (χ1v) is 7.69. The number of allylic oxidation sites excluding steroid dienone is 1. The van der Waals surface area contributed by atoms with Gasteiger partial charge in [0, 0.05) is 58.0 Å². The van der Waals surface area contributed by atoms with Crippen molar-refractivity contribution in [3.8, 4) is 0 Å². The van der Waals surface area contributed by atoms with E-state index in [9.17, 15) is 0 Å².